The van der Waals surface area contributed by atoms with Gasteiger partial charge < -0.3 is 5.11 Å². The van der Waals surface area contributed by atoms with Crippen molar-refractivity contribution in [2.75, 3.05) is 0 Å². The molecule has 0 atom stereocenters. The number of fused-ring (bicyclic) bond motifs is 1. The normalized spacial score (nSPS) is 14.4. The summed E-state index contributed by atoms with van der Waals surface area (Å²) in [5, 5.41) is 25.6. The summed E-state index contributed by atoms with van der Waals surface area (Å²) < 4.78 is 28.8. The van der Waals surface area contributed by atoms with Crippen LogP contribution in [0.15, 0.2) is 60.7 Å². The van der Waals surface area contributed by atoms with E-state index >= 15 is 0 Å². The first kappa shape index (κ1) is 24.1. The fourth-order valence-corrected chi connectivity index (χ4v) is 4.97. The number of hydrogen-bond donors (Lipinski definition) is 2. The highest BCUT2D eigenvalue weighted by atomic mass is 19.1. The average molecular weight is 496 g/mol. The number of aryl methyl sites for hydroxylation is 1. The van der Waals surface area contributed by atoms with Crippen LogP contribution in [0.4, 0.5) is 8.78 Å². The van der Waals surface area contributed by atoms with Gasteiger partial charge in [0.05, 0.1) is 16.5 Å². The van der Waals surface area contributed by atoms with Gasteiger partial charge in [-0.25, -0.2) is 9.18 Å². The summed E-state index contributed by atoms with van der Waals surface area (Å²) in [6.07, 6.45) is 5.51. The Hall–Kier alpha value is -4.57. The number of nitriles is 1. The zero-order chi connectivity index (χ0) is 26.1. The quantitative estimate of drug-likeness (QED) is 0.225. The van der Waals surface area contributed by atoms with Crippen molar-refractivity contribution in [3.05, 3.63) is 106 Å². The van der Waals surface area contributed by atoms with Crippen molar-refractivity contribution in [3.8, 4) is 6.07 Å². The molecule has 3 aromatic carbocycles. The van der Waals surface area contributed by atoms with Gasteiger partial charge in [-0.1, -0.05) is 42.8 Å². The monoisotopic (exact) mass is 495 g/mol. The van der Waals surface area contributed by atoms with Crippen molar-refractivity contribution >= 4 is 34.1 Å². The van der Waals surface area contributed by atoms with Crippen molar-refractivity contribution in [2.45, 2.75) is 26.2 Å². The maximum absolute atomic E-state index is 14.7. The molecule has 37 heavy (non-hydrogen) atoms. The number of allylic oxidation sites excluding steroid dienone is 1. The van der Waals surface area contributed by atoms with Crippen molar-refractivity contribution in [2.24, 2.45) is 5.92 Å². The summed E-state index contributed by atoms with van der Waals surface area (Å²) in [5.41, 5.74) is 5.99. The second-order valence-electron chi connectivity index (χ2n) is 9.20. The molecule has 0 aliphatic heterocycles. The smallest absolute Gasteiger partial charge is 0.328 e. The number of rotatable bonds is 6. The Kier molecular flexibility index (Phi) is 6.41. The van der Waals surface area contributed by atoms with E-state index in [1.165, 1.54) is 18.2 Å². The lowest BCUT2D eigenvalue weighted by atomic mass is 9.72. The van der Waals surface area contributed by atoms with Crippen LogP contribution in [0.2, 0.25) is 0 Å². The van der Waals surface area contributed by atoms with E-state index in [4.69, 9.17) is 5.11 Å². The van der Waals surface area contributed by atoms with Crippen LogP contribution < -0.4 is 0 Å². The van der Waals surface area contributed by atoms with Gasteiger partial charge in [-0.2, -0.15) is 14.8 Å². The Morgan fingerprint density at radius 3 is 2.46 bits per heavy atom. The minimum Gasteiger partial charge on any atom is -0.478 e. The predicted molar refractivity (Wildman–Crippen MR) is 138 cm³/mol. The fourth-order valence-electron chi connectivity index (χ4n) is 4.97. The predicted octanol–water partition coefficient (Wildman–Crippen LogP) is 6.88. The maximum Gasteiger partial charge on any atom is 0.328 e. The van der Waals surface area contributed by atoms with Crippen molar-refractivity contribution < 1.29 is 18.7 Å². The molecule has 1 aliphatic carbocycles. The van der Waals surface area contributed by atoms with Gasteiger partial charge in [0.2, 0.25) is 5.95 Å². The van der Waals surface area contributed by atoms with Crippen LogP contribution in [-0.2, 0) is 4.79 Å². The Balaban J connectivity index is 1.84. The lowest BCUT2D eigenvalue weighted by Gasteiger charge is -2.32. The molecule has 4 aromatic rings. The molecule has 1 saturated carbocycles. The van der Waals surface area contributed by atoms with Gasteiger partial charge in [-0.15, -0.1) is 0 Å². The molecule has 1 aromatic heterocycles. The number of aromatic amines is 1. The van der Waals surface area contributed by atoms with Crippen LogP contribution in [0, 0.1) is 35.9 Å². The standard InChI is InChI=1S/C30H23F2N3O2/c1-17-15-21(31)10-11-22(17)27(19-3-2-4-19)28(20-8-5-18(6-9-20)7-14-26(36)37)23-12-13-25-29(24(23)16-33)30(32)35-34-25/h5-15,19H,2-4H2,1H3,(H,34,35)(H,36,37)/b14-7+,28-27+. The first-order chi connectivity index (χ1) is 17.9. The van der Waals surface area contributed by atoms with E-state index in [1.54, 1.807) is 30.3 Å². The topological polar surface area (TPSA) is 89.8 Å². The second kappa shape index (κ2) is 9.82. The number of carbonyl (C=O) groups is 1. The molecule has 0 spiro atoms. The molecule has 5 rings (SSSR count). The molecule has 0 radical (unpaired) electrons. The van der Waals surface area contributed by atoms with Crippen molar-refractivity contribution in [1.29, 1.82) is 5.26 Å². The minimum atomic E-state index is -1.04. The molecule has 1 heterocycles. The molecule has 0 saturated heterocycles. The van der Waals surface area contributed by atoms with Gasteiger partial charge in [-0.05, 0) is 83.4 Å². The number of aromatic nitrogens is 2. The van der Waals surface area contributed by atoms with Crippen LogP contribution >= 0.6 is 0 Å². The van der Waals surface area contributed by atoms with Gasteiger partial charge in [0.1, 0.15) is 11.9 Å². The van der Waals surface area contributed by atoms with Crippen LogP contribution in [0.5, 0.6) is 0 Å². The lowest BCUT2D eigenvalue weighted by molar-refractivity contribution is -0.131. The first-order valence-electron chi connectivity index (χ1n) is 12.0. The van der Waals surface area contributed by atoms with E-state index < -0.39 is 11.9 Å². The fraction of sp³-hybridized carbons (Fsp3) is 0.167. The molecule has 0 bridgehead atoms. The SMILES string of the molecule is Cc1cc(F)ccc1/C(=C(\c1ccc(/C=C/C(=O)O)cc1)c1ccc2n[nH]c(F)c2c1C#N)C1CCC1. The minimum absolute atomic E-state index is 0.127. The largest absolute Gasteiger partial charge is 0.478 e. The Bertz CT molecular complexity index is 1620. The number of benzene rings is 3. The third-order valence-corrected chi connectivity index (χ3v) is 6.94. The summed E-state index contributed by atoms with van der Waals surface area (Å²) in [6.45, 7) is 1.86. The summed E-state index contributed by atoms with van der Waals surface area (Å²) in [6, 6.07) is 17.7. The molecular weight excluding hydrogens is 472 g/mol. The van der Waals surface area contributed by atoms with E-state index in [0.29, 0.717) is 16.6 Å². The number of halogens is 2. The lowest BCUT2D eigenvalue weighted by Crippen LogP contribution is -2.16. The highest BCUT2D eigenvalue weighted by Gasteiger charge is 2.30. The van der Waals surface area contributed by atoms with E-state index in [2.05, 4.69) is 16.3 Å². The molecule has 5 nitrogen and oxygen atoms in total. The summed E-state index contributed by atoms with van der Waals surface area (Å²) in [7, 11) is 0. The highest BCUT2D eigenvalue weighted by Crippen LogP contribution is 2.47. The van der Waals surface area contributed by atoms with E-state index in [-0.39, 0.29) is 22.7 Å². The Morgan fingerprint density at radius 2 is 1.84 bits per heavy atom. The number of hydrogen-bond acceptors (Lipinski definition) is 3. The second-order valence-corrected chi connectivity index (χ2v) is 9.20. The molecule has 184 valence electrons. The van der Waals surface area contributed by atoms with Gasteiger partial charge in [0, 0.05) is 11.6 Å². The van der Waals surface area contributed by atoms with Gasteiger partial charge in [-0.3, -0.25) is 5.10 Å². The molecule has 1 aliphatic rings. The summed E-state index contributed by atoms with van der Waals surface area (Å²) >= 11 is 0. The third-order valence-electron chi connectivity index (χ3n) is 6.94. The number of H-pyrrole nitrogens is 1. The first-order valence-corrected chi connectivity index (χ1v) is 12.0. The van der Waals surface area contributed by atoms with Crippen molar-refractivity contribution in [1.82, 2.24) is 10.2 Å². The van der Waals surface area contributed by atoms with Crippen LogP contribution in [0.25, 0.3) is 28.1 Å². The number of nitrogens with one attached hydrogen (secondary N) is 1. The maximum atomic E-state index is 14.7. The molecule has 0 amide bonds. The van der Waals surface area contributed by atoms with Crippen LogP contribution in [-0.4, -0.2) is 21.3 Å². The van der Waals surface area contributed by atoms with E-state index in [9.17, 15) is 18.8 Å². The molecule has 7 heteroatoms. The highest BCUT2D eigenvalue weighted by molar-refractivity contribution is 6.04. The molecule has 2 N–H and O–H groups in total. The molecular formula is C30H23F2N3O2. The van der Waals surface area contributed by atoms with Gasteiger partial charge >= 0.3 is 5.97 Å². The Morgan fingerprint density at radius 1 is 1.11 bits per heavy atom. The third kappa shape index (κ3) is 4.54. The number of nitrogens with zero attached hydrogens (tertiary/aromatic N) is 2. The van der Waals surface area contributed by atoms with E-state index in [1.807, 2.05) is 19.1 Å². The van der Waals surface area contributed by atoms with Crippen LogP contribution in [0.1, 0.15) is 52.6 Å². The van der Waals surface area contributed by atoms with Gasteiger partial charge in [0.25, 0.3) is 0 Å². The van der Waals surface area contributed by atoms with Crippen LogP contribution in [0.3, 0.4) is 0 Å². The molecule has 1 fully saturated rings. The zero-order valence-corrected chi connectivity index (χ0v) is 20.1. The summed E-state index contributed by atoms with van der Waals surface area (Å²) in [4.78, 5) is 10.9. The van der Waals surface area contributed by atoms with Gasteiger partial charge in [0.15, 0.2) is 0 Å². The Labute approximate surface area is 212 Å². The van der Waals surface area contributed by atoms with Crippen molar-refractivity contribution in [3.63, 3.8) is 0 Å². The number of aliphatic carboxylic acids is 1. The zero-order valence-electron chi connectivity index (χ0n) is 20.1. The molecule has 0 unspecified atom stereocenters. The number of carboxylic acids is 1. The average Bonchev–Trinajstić information content (AvgIpc) is 3.23. The number of carboxylic acid groups (broad SMARTS) is 1. The summed E-state index contributed by atoms with van der Waals surface area (Å²) in [5.74, 6) is -1.87. The van der Waals surface area contributed by atoms with E-state index in [0.717, 1.165) is 53.2 Å².